The fourth-order valence-electron chi connectivity index (χ4n) is 4.63. The summed E-state index contributed by atoms with van der Waals surface area (Å²) < 4.78 is 89.0. The van der Waals surface area contributed by atoms with E-state index in [0.717, 1.165) is 14.4 Å². The van der Waals surface area contributed by atoms with Gasteiger partial charge >= 0.3 is 20.4 Å². The average molecular weight is 614 g/mol. The molecule has 0 bridgehead atoms. The molecule has 0 amide bonds. The number of anilines is 2. The molecule has 2 unspecified atom stereocenters. The molecular formula is C25H29F2N5O5S3. The third kappa shape index (κ3) is 6.54. The van der Waals surface area contributed by atoms with E-state index in [1.807, 2.05) is 24.3 Å². The molecule has 2 aromatic heterocycles. The fraction of sp³-hybridized carbons (Fsp3) is 0.400. The van der Waals surface area contributed by atoms with Crippen LogP contribution in [0.25, 0.3) is 21.1 Å². The van der Waals surface area contributed by atoms with Crippen LogP contribution >= 0.6 is 11.3 Å². The smallest absolute Gasteiger partial charge is 0.303 e. The van der Waals surface area contributed by atoms with Gasteiger partial charge in [0, 0.05) is 41.6 Å². The summed E-state index contributed by atoms with van der Waals surface area (Å²) in [4.78, 5) is 0. The third-order valence-electron chi connectivity index (χ3n) is 6.66. The van der Waals surface area contributed by atoms with Crippen LogP contribution in [0.4, 0.5) is 20.3 Å². The van der Waals surface area contributed by atoms with E-state index >= 15 is 0 Å². The van der Waals surface area contributed by atoms with Gasteiger partial charge in [-0.3, -0.25) is 9.44 Å². The molecule has 2 aromatic carbocycles. The largest absolute Gasteiger partial charge is 0.354 e. The molecule has 0 radical (unpaired) electrons. The normalized spacial score (nSPS) is 21.1. The van der Waals surface area contributed by atoms with Crippen LogP contribution in [0.2, 0.25) is 0 Å². The van der Waals surface area contributed by atoms with Gasteiger partial charge in [0.1, 0.15) is 12.3 Å². The van der Waals surface area contributed by atoms with E-state index in [0.29, 0.717) is 55.4 Å². The molecule has 2 aliphatic heterocycles. The van der Waals surface area contributed by atoms with Gasteiger partial charge in [-0.15, -0.1) is 11.3 Å². The second-order valence-corrected chi connectivity index (χ2v) is 13.8. The van der Waals surface area contributed by atoms with Crippen LogP contribution in [0.15, 0.2) is 58.4 Å². The number of aromatic nitrogens is 1. The number of nitrogens with zero attached hydrogens (tertiary/aromatic N) is 3. The molecule has 2 aliphatic rings. The van der Waals surface area contributed by atoms with Crippen LogP contribution in [0.3, 0.4) is 0 Å². The average Bonchev–Trinajstić information content (AvgIpc) is 3.53. The Morgan fingerprint density at radius 3 is 2.05 bits per heavy atom. The van der Waals surface area contributed by atoms with Crippen molar-refractivity contribution < 1.29 is 30.1 Å². The van der Waals surface area contributed by atoms with Crippen LogP contribution in [-0.2, 0) is 20.4 Å². The molecule has 6 rings (SSSR count). The van der Waals surface area contributed by atoms with Crippen LogP contribution in [0.1, 0.15) is 25.7 Å². The summed E-state index contributed by atoms with van der Waals surface area (Å²) >= 11 is 1.48. The van der Waals surface area contributed by atoms with Gasteiger partial charge in [0.2, 0.25) is 0 Å². The van der Waals surface area contributed by atoms with Crippen molar-refractivity contribution in [1.82, 2.24) is 13.8 Å². The van der Waals surface area contributed by atoms with Crippen molar-refractivity contribution in [3.8, 4) is 0 Å². The van der Waals surface area contributed by atoms with Crippen LogP contribution in [0.5, 0.6) is 0 Å². The monoisotopic (exact) mass is 613 g/mol. The third-order valence-corrected chi connectivity index (χ3v) is 10.6. The SMILES string of the molecule is O=S(=O)(Nc1csc2ccccc12)N1CCCC(F)C1.O=S(=O)(Nc1noc2ccccc12)N1CCCC(F)C1. The van der Waals surface area contributed by atoms with Crippen molar-refractivity contribution in [3.63, 3.8) is 0 Å². The highest BCUT2D eigenvalue weighted by molar-refractivity contribution is 7.90. The number of piperidine rings is 2. The number of fused-ring (bicyclic) bond motifs is 2. The van der Waals surface area contributed by atoms with Gasteiger partial charge in [-0.05, 0) is 43.9 Å². The molecule has 2 fully saturated rings. The number of para-hydroxylation sites is 1. The van der Waals surface area contributed by atoms with E-state index in [1.165, 1.54) is 15.6 Å². The summed E-state index contributed by atoms with van der Waals surface area (Å²) in [5, 5.41) is 6.93. The van der Waals surface area contributed by atoms with E-state index in [4.69, 9.17) is 4.52 Å². The maximum Gasteiger partial charge on any atom is 0.303 e. The number of benzene rings is 2. The molecule has 0 aliphatic carbocycles. The molecule has 0 spiro atoms. The highest BCUT2D eigenvalue weighted by atomic mass is 32.2. The predicted octanol–water partition coefficient (Wildman–Crippen LogP) is 4.91. The maximum atomic E-state index is 13.4. The lowest BCUT2D eigenvalue weighted by atomic mass is 10.1. The summed E-state index contributed by atoms with van der Waals surface area (Å²) in [6.07, 6.45) is -0.269. The minimum atomic E-state index is -3.81. The molecule has 2 N–H and O–H groups in total. The lowest BCUT2D eigenvalue weighted by Gasteiger charge is -2.28. The van der Waals surface area contributed by atoms with Crippen LogP contribution < -0.4 is 9.44 Å². The van der Waals surface area contributed by atoms with Gasteiger partial charge in [0.05, 0.1) is 11.1 Å². The number of hydrogen-bond acceptors (Lipinski definition) is 7. The number of halogens is 2. The number of thiophene rings is 1. The second kappa shape index (κ2) is 11.9. The standard InChI is InChI=1S/C13H15FN2O2S2.C12H14FN3O3S/c14-10-4-3-7-16(8-10)20(17,18)15-12-9-19-13-6-2-1-5-11(12)13;13-9-4-3-7-16(8-9)20(17,18)15-12-10-5-1-2-6-11(10)19-14-12/h1-2,5-6,9-10,15H,3-4,7-8H2;1-2,5-6,9H,3-4,7-8H2,(H,14,15). The summed E-state index contributed by atoms with van der Waals surface area (Å²) in [6.45, 7) is 0.506. The molecule has 216 valence electrons. The minimum Gasteiger partial charge on any atom is -0.354 e. The van der Waals surface area contributed by atoms with Crippen molar-refractivity contribution in [2.45, 2.75) is 38.0 Å². The first kappa shape index (κ1) is 28.7. The highest BCUT2D eigenvalue weighted by Gasteiger charge is 2.30. The Hall–Kier alpha value is -2.85. The van der Waals surface area contributed by atoms with Crippen molar-refractivity contribution >= 4 is 64.3 Å². The van der Waals surface area contributed by atoms with E-state index in [-0.39, 0.29) is 18.9 Å². The second-order valence-electron chi connectivity index (χ2n) is 9.58. The molecule has 0 saturated carbocycles. The van der Waals surface area contributed by atoms with E-state index < -0.39 is 32.8 Å². The first-order valence-corrected chi connectivity index (χ1v) is 16.5. The Labute approximate surface area is 235 Å². The zero-order valence-electron chi connectivity index (χ0n) is 21.4. The van der Waals surface area contributed by atoms with Gasteiger partial charge in [-0.2, -0.15) is 25.4 Å². The summed E-state index contributed by atoms with van der Waals surface area (Å²) in [7, 11) is -7.49. The van der Waals surface area contributed by atoms with Crippen molar-refractivity contribution in [3.05, 3.63) is 53.9 Å². The van der Waals surface area contributed by atoms with Crippen LogP contribution in [0, 0.1) is 0 Å². The quantitative estimate of drug-likeness (QED) is 0.319. The lowest BCUT2D eigenvalue weighted by Crippen LogP contribution is -2.43. The van der Waals surface area contributed by atoms with Gasteiger partial charge in [0.25, 0.3) is 0 Å². The lowest BCUT2D eigenvalue weighted by molar-refractivity contribution is 0.203. The van der Waals surface area contributed by atoms with Crippen molar-refractivity contribution in [2.24, 2.45) is 0 Å². The topological polar surface area (TPSA) is 125 Å². The fourth-order valence-corrected chi connectivity index (χ4v) is 8.15. The zero-order valence-corrected chi connectivity index (χ0v) is 23.8. The highest BCUT2D eigenvalue weighted by Crippen LogP contribution is 2.31. The maximum absolute atomic E-state index is 13.4. The van der Waals surface area contributed by atoms with Gasteiger partial charge in [-0.25, -0.2) is 8.78 Å². The Kier molecular flexibility index (Phi) is 8.56. The number of alkyl halides is 2. The molecule has 15 heteroatoms. The first-order valence-electron chi connectivity index (χ1n) is 12.8. The Morgan fingerprint density at radius 2 is 1.40 bits per heavy atom. The summed E-state index contributed by atoms with van der Waals surface area (Å²) in [6, 6.07) is 14.5. The molecule has 4 aromatic rings. The molecule has 10 nitrogen and oxygen atoms in total. The van der Waals surface area contributed by atoms with Gasteiger partial charge in [-0.1, -0.05) is 35.5 Å². The van der Waals surface area contributed by atoms with Crippen molar-refractivity contribution in [1.29, 1.82) is 0 Å². The summed E-state index contributed by atoms with van der Waals surface area (Å²) in [5.41, 5.74) is 1.05. The molecule has 2 atom stereocenters. The van der Waals surface area contributed by atoms with Crippen LogP contribution in [-0.4, -0.2) is 69.1 Å². The van der Waals surface area contributed by atoms with Gasteiger partial charge in [0.15, 0.2) is 11.4 Å². The zero-order chi connectivity index (χ0) is 28.3. The number of rotatable bonds is 6. The Balaban J connectivity index is 0.000000161. The first-order chi connectivity index (χ1) is 19.1. The summed E-state index contributed by atoms with van der Waals surface area (Å²) in [5.74, 6) is 0.126. The minimum absolute atomic E-state index is 0.0581. The predicted molar refractivity (Wildman–Crippen MR) is 152 cm³/mol. The van der Waals surface area contributed by atoms with E-state index in [2.05, 4.69) is 14.6 Å². The number of nitrogens with one attached hydrogen (secondary N) is 2. The van der Waals surface area contributed by atoms with Crippen molar-refractivity contribution in [2.75, 3.05) is 35.6 Å². The molecule has 2 saturated heterocycles. The molecular weight excluding hydrogens is 585 g/mol. The molecule has 4 heterocycles. The van der Waals surface area contributed by atoms with E-state index in [1.54, 1.807) is 29.6 Å². The van der Waals surface area contributed by atoms with Gasteiger partial charge < -0.3 is 4.52 Å². The molecule has 40 heavy (non-hydrogen) atoms. The number of hydrogen-bond donors (Lipinski definition) is 2. The Morgan fingerprint density at radius 1 is 0.825 bits per heavy atom. The Bertz CT molecular complexity index is 1550. The van der Waals surface area contributed by atoms with E-state index in [9.17, 15) is 25.6 Å².